The molecule has 0 spiro atoms. The first kappa shape index (κ1) is 9.43. The Kier molecular flexibility index (Phi) is 2.39. The van der Waals surface area contributed by atoms with E-state index in [1.165, 1.54) is 6.26 Å². The zero-order valence-corrected chi connectivity index (χ0v) is 8.74. The second-order valence-electron chi connectivity index (χ2n) is 2.89. The van der Waals surface area contributed by atoms with Crippen LogP contribution in [0.25, 0.3) is 11.0 Å². The van der Waals surface area contributed by atoms with E-state index in [-0.39, 0.29) is 17.6 Å². The molecular formula is C10H7BrO3. The third-order valence-electron chi connectivity index (χ3n) is 1.98. The Morgan fingerprint density at radius 1 is 1.43 bits per heavy atom. The van der Waals surface area contributed by atoms with E-state index in [0.29, 0.717) is 11.0 Å². The minimum absolute atomic E-state index is 0.179. The number of aliphatic hydroxyl groups excluding tert-OH is 1. The zero-order chi connectivity index (χ0) is 10.1. The first-order valence-corrected chi connectivity index (χ1v) is 4.82. The molecule has 72 valence electrons. The van der Waals surface area contributed by atoms with Crippen molar-refractivity contribution in [3.05, 3.63) is 44.7 Å². The van der Waals surface area contributed by atoms with Crippen LogP contribution in [0.5, 0.6) is 0 Å². The summed E-state index contributed by atoms with van der Waals surface area (Å²) in [6.45, 7) is -0.297. The van der Waals surface area contributed by atoms with Crippen LogP contribution in [0.1, 0.15) is 5.56 Å². The quantitative estimate of drug-likeness (QED) is 0.848. The average Bonchev–Trinajstić information content (AvgIpc) is 2.18. The molecule has 14 heavy (non-hydrogen) atoms. The van der Waals surface area contributed by atoms with Gasteiger partial charge in [0.2, 0.25) is 0 Å². The van der Waals surface area contributed by atoms with E-state index < -0.39 is 0 Å². The molecule has 0 radical (unpaired) electrons. The van der Waals surface area contributed by atoms with Crippen LogP contribution in [-0.2, 0) is 6.61 Å². The maximum absolute atomic E-state index is 11.6. The summed E-state index contributed by atoms with van der Waals surface area (Å²) in [7, 11) is 0. The average molecular weight is 255 g/mol. The molecule has 0 aliphatic carbocycles. The van der Waals surface area contributed by atoms with Crippen molar-refractivity contribution in [2.24, 2.45) is 0 Å². The van der Waals surface area contributed by atoms with Crippen molar-refractivity contribution in [2.45, 2.75) is 6.61 Å². The lowest BCUT2D eigenvalue weighted by Crippen LogP contribution is -2.08. The molecule has 0 fully saturated rings. The first-order valence-electron chi connectivity index (χ1n) is 4.03. The number of halogens is 1. The summed E-state index contributed by atoms with van der Waals surface area (Å²) in [5.74, 6) is 0. The van der Waals surface area contributed by atoms with Crippen LogP contribution in [0.2, 0.25) is 0 Å². The summed E-state index contributed by atoms with van der Waals surface area (Å²) in [5.41, 5.74) is 0.614. The van der Waals surface area contributed by atoms with Crippen molar-refractivity contribution in [3.63, 3.8) is 0 Å². The lowest BCUT2D eigenvalue weighted by atomic mass is 10.2. The highest BCUT2D eigenvalue weighted by atomic mass is 79.9. The van der Waals surface area contributed by atoms with E-state index in [1.54, 1.807) is 18.2 Å². The second kappa shape index (κ2) is 3.55. The number of hydrogen-bond acceptors (Lipinski definition) is 3. The van der Waals surface area contributed by atoms with Crippen LogP contribution in [-0.4, -0.2) is 5.11 Å². The van der Waals surface area contributed by atoms with Gasteiger partial charge in [-0.3, -0.25) is 4.79 Å². The minimum atomic E-state index is -0.297. The van der Waals surface area contributed by atoms with E-state index in [2.05, 4.69) is 15.9 Å². The molecule has 1 aromatic heterocycles. The van der Waals surface area contributed by atoms with Crippen LogP contribution in [0, 0.1) is 0 Å². The lowest BCUT2D eigenvalue weighted by Gasteiger charge is -1.99. The molecule has 0 bridgehead atoms. The van der Waals surface area contributed by atoms with Crippen LogP contribution < -0.4 is 5.43 Å². The molecule has 3 nitrogen and oxygen atoms in total. The van der Waals surface area contributed by atoms with E-state index in [4.69, 9.17) is 9.52 Å². The van der Waals surface area contributed by atoms with Crippen molar-refractivity contribution in [1.29, 1.82) is 0 Å². The molecule has 0 aliphatic rings. The van der Waals surface area contributed by atoms with Crippen molar-refractivity contribution in [3.8, 4) is 0 Å². The molecule has 4 heteroatoms. The molecular weight excluding hydrogens is 248 g/mol. The van der Waals surface area contributed by atoms with Crippen molar-refractivity contribution < 1.29 is 9.52 Å². The number of aliphatic hydroxyl groups is 1. The van der Waals surface area contributed by atoms with Gasteiger partial charge in [-0.15, -0.1) is 0 Å². The molecule has 2 rings (SSSR count). The normalized spacial score (nSPS) is 10.7. The monoisotopic (exact) mass is 254 g/mol. The maximum atomic E-state index is 11.6. The summed E-state index contributed by atoms with van der Waals surface area (Å²) in [6, 6.07) is 5.16. The van der Waals surface area contributed by atoms with Gasteiger partial charge in [-0.2, -0.15) is 0 Å². The Bertz CT molecular complexity index is 530. The molecule has 0 amide bonds. The fourth-order valence-electron chi connectivity index (χ4n) is 1.25. The maximum Gasteiger partial charge on any atom is 0.198 e. The summed E-state index contributed by atoms with van der Waals surface area (Å²) in [5, 5.41) is 9.35. The number of rotatable bonds is 1. The van der Waals surface area contributed by atoms with Gasteiger partial charge in [0.15, 0.2) is 5.43 Å². The van der Waals surface area contributed by atoms with E-state index >= 15 is 0 Å². The Hall–Kier alpha value is -1.13. The first-order chi connectivity index (χ1) is 6.72. The van der Waals surface area contributed by atoms with Gasteiger partial charge in [0.05, 0.1) is 17.6 Å². The zero-order valence-electron chi connectivity index (χ0n) is 7.16. The van der Waals surface area contributed by atoms with Crippen molar-refractivity contribution in [2.75, 3.05) is 0 Å². The molecule has 1 aromatic carbocycles. The summed E-state index contributed by atoms with van der Waals surface area (Å²) < 4.78 is 6.06. The highest BCUT2D eigenvalue weighted by Gasteiger charge is 2.05. The van der Waals surface area contributed by atoms with Crippen molar-refractivity contribution in [1.82, 2.24) is 0 Å². The molecule has 1 N–H and O–H groups in total. The van der Waals surface area contributed by atoms with Crippen LogP contribution in [0.4, 0.5) is 0 Å². The van der Waals surface area contributed by atoms with E-state index in [9.17, 15) is 4.79 Å². The Balaban J connectivity index is 2.84. The topological polar surface area (TPSA) is 50.4 Å². The van der Waals surface area contributed by atoms with Gasteiger partial charge in [0.25, 0.3) is 0 Å². The van der Waals surface area contributed by atoms with Gasteiger partial charge in [-0.25, -0.2) is 0 Å². The molecule has 1 heterocycles. The summed E-state index contributed by atoms with van der Waals surface area (Å²) in [4.78, 5) is 11.6. The van der Waals surface area contributed by atoms with Gasteiger partial charge >= 0.3 is 0 Å². The largest absolute Gasteiger partial charge is 0.464 e. The molecule has 2 aromatic rings. The van der Waals surface area contributed by atoms with Crippen molar-refractivity contribution >= 4 is 26.9 Å². The Morgan fingerprint density at radius 2 is 2.21 bits per heavy atom. The molecule has 0 atom stereocenters. The Morgan fingerprint density at radius 3 is 2.93 bits per heavy atom. The Labute approximate surface area is 88.1 Å². The highest BCUT2D eigenvalue weighted by molar-refractivity contribution is 9.10. The predicted molar refractivity (Wildman–Crippen MR) is 56.1 cm³/mol. The van der Waals surface area contributed by atoms with Gasteiger partial charge in [-0.1, -0.05) is 15.9 Å². The van der Waals surface area contributed by atoms with Crippen LogP contribution in [0.3, 0.4) is 0 Å². The smallest absolute Gasteiger partial charge is 0.198 e. The fraction of sp³-hybridized carbons (Fsp3) is 0.100. The van der Waals surface area contributed by atoms with Gasteiger partial charge in [-0.05, 0) is 18.2 Å². The van der Waals surface area contributed by atoms with Crippen LogP contribution >= 0.6 is 15.9 Å². The van der Waals surface area contributed by atoms with E-state index in [1.807, 2.05) is 0 Å². The van der Waals surface area contributed by atoms with Crippen LogP contribution in [0.15, 0.2) is 38.1 Å². The minimum Gasteiger partial charge on any atom is -0.464 e. The standard InChI is InChI=1S/C10H7BrO3/c11-7-1-2-8-9(3-7)14-5-6(4-12)10(8)13/h1-3,5,12H,4H2. The molecule has 0 aliphatic heterocycles. The number of benzene rings is 1. The predicted octanol–water partition coefficient (Wildman–Crippen LogP) is 2.05. The summed E-state index contributed by atoms with van der Waals surface area (Å²) >= 11 is 3.28. The molecule has 0 saturated carbocycles. The SMILES string of the molecule is O=c1c(CO)coc2cc(Br)ccc12. The van der Waals surface area contributed by atoms with Gasteiger partial charge in [0, 0.05) is 4.47 Å². The second-order valence-corrected chi connectivity index (χ2v) is 3.80. The third-order valence-corrected chi connectivity index (χ3v) is 2.47. The lowest BCUT2D eigenvalue weighted by molar-refractivity contribution is 0.277. The summed E-state index contributed by atoms with van der Waals surface area (Å²) in [6.07, 6.45) is 1.29. The fourth-order valence-corrected chi connectivity index (χ4v) is 1.59. The number of hydrogen-bond donors (Lipinski definition) is 1. The van der Waals surface area contributed by atoms with Gasteiger partial charge < -0.3 is 9.52 Å². The van der Waals surface area contributed by atoms with E-state index in [0.717, 1.165) is 4.47 Å². The van der Waals surface area contributed by atoms with Gasteiger partial charge in [0.1, 0.15) is 11.8 Å². The molecule has 0 saturated heterocycles. The third kappa shape index (κ3) is 1.47. The highest BCUT2D eigenvalue weighted by Crippen LogP contribution is 2.17. The number of fused-ring (bicyclic) bond motifs is 1. The molecule has 0 unspecified atom stereocenters.